The van der Waals surface area contributed by atoms with Crippen molar-refractivity contribution in [1.82, 2.24) is 20.1 Å². The molecule has 108 valence electrons. The number of hydrogen-bond acceptors (Lipinski definition) is 3. The molecule has 2 aromatic rings. The van der Waals surface area contributed by atoms with Crippen LogP contribution in [-0.2, 0) is 26.1 Å². The molecule has 0 spiro atoms. The van der Waals surface area contributed by atoms with Crippen LogP contribution in [0.2, 0.25) is 5.02 Å². The average molecular weight is 293 g/mol. The Hall–Kier alpha value is -1.39. The summed E-state index contributed by atoms with van der Waals surface area (Å²) < 4.78 is 1.95. The predicted molar refractivity (Wildman–Crippen MR) is 81.8 cm³/mol. The standard InChI is InChI=1S/C15H21ClN4/c1-4-12-7-6-8-18-13(12)9-17-10-14-15(16)11(3)19-20(14)5-2/h6-8,17H,4-5,9-10H2,1-3H3. The summed E-state index contributed by atoms with van der Waals surface area (Å²) in [4.78, 5) is 4.43. The molecule has 0 bridgehead atoms. The van der Waals surface area contributed by atoms with Crippen LogP contribution in [0.15, 0.2) is 18.3 Å². The Bertz CT molecular complexity index is 577. The molecule has 0 fully saturated rings. The Labute approximate surface area is 125 Å². The number of nitrogens with one attached hydrogen (secondary N) is 1. The lowest BCUT2D eigenvalue weighted by molar-refractivity contribution is 0.575. The summed E-state index contributed by atoms with van der Waals surface area (Å²) in [7, 11) is 0. The molecule has 0 aliphatic carbocycles. The van der Waals surface area contributed by atoms with Crippen molar-refractivity contribution in [2.45, 2.75) is 46.8 Å². The molecule has 0 aromatic carbocycles. The molecule has 0 saturated carbocycles. The van der Waals surface area contributed by atoms with E-state index in [9.17, 15) is 0 Å². The molecule has 20 heavy (non-hydrogen) atoms. The van der Waals surface area contributed by atoms with Crippen molar-refractivity contribution in [1.29, 1.82) is 0 Å². The minimum Gasteiger partial charge on any atom is -0.305 e. The van der Waals surface area contributed by atoms with Gasteiger partial charge in [-0.3, -0.25) is 9.67 Å². The predicted octanol–water partition coefficient (Wildman–Crippen LogP) is 3.11. The summed E-state index contributed by atoms with van der Waals surface area (Å²) >= 11 is 6.29. The van der Waals surface area contributed by atoms with Crippen LogP contribution in [0.4, 0.5) is 0 Å². The van der Waals surface area contributed by atoms with Crippen LogP contribution in [-0.4, -0.2) is 14.8 Å². The van der Waals surface area contributed by atoms with Crippen molar-refractivity contribution in [3.63, 3.8) is 0 Å². The van der Waals surface area contributed by atoms with Crippen molar-refractivity contribution in [3.8, 4) is 0 Å². The first kappa shape index (κ1) is 15.0. The summed E-state index contributed by atoms with van der Waals surface area (Å²) in [5, 5.41) is 8.59. The molecule has 0 aliphatic rings. The average Bonchev–Trinajstić information content (AvgIpc) is 2.75. The second-order valence-corrected chi connectivity index (χ2v) is 5.11. The summed E-state index contributed by atoms with van der Waals surface area (Å²) in [6, 6.07) is 4.10. The largest absolute Gasteiger partial charge is 0.305 e. The maximum atomic E-state index is 6.29. The summed E-state index contributed by atoms with van der Waals surface area (Å²) in [6.07, 6.45) is 2.83. The van der Waals surface area contributed by atoms with Crippen molar-refractivity contribution in [3.05, 3.63) is 46.0 Å². The maximum absolute atomic E-state index is 6.29. The van der Waals surface area contributed by atoms with Gasteiger partial charge in [0.15, 0.2) is 0 Å². The van der Waals surface area contributed by atoms with Crippen molar-refractivity contribution < 1.29 is 0 Å². The zero-order valence-corrected chi connectivity index (χ0v) is 13.0. The van der Waals surface area contributed by atoms with Crippen LogP contribution in [0, 0.1) is 6.92 Å². The fourth-order valence-electron chi connectivity index (χ4n) is 2.29. The van der Waals surface area contributed by atoms with Crippen molar-refractivity contribution in [2.24, 2.45) is 0 Å². The number of rotatable bonds is 6. The minimum atomic E-state index is 0.702. The third-order valence-electron chi connectivity index (χ3n) is 3.40. The number of aromatic nitrogens is 3. The zero-order valence-electron chi connectivity index (χ0n) is 12.3. The smallest absolute Gasteiger partial charge is 0.0860 e. The van der Waals surface area contributed by atoms with E-state index in [-0.39, 0.29) is 0 Å². The first-order chi connectivity index (χ1) is 9.67. The number of hydrogen-bond donors (Lipinski definition) is 1. The van der Waals surface area contributed by atoms with Gasteiger partial charge in [-0.05, 0) is 31.9 Å². The van der Waals surface area contributed by atoms with Crippen molar-refractivity contribution in [2.75, 3.05) is 0 Å². The number of nitrogens with zero attached hydrogens (tertiary/aromatic N) is 3. The minimum absolute atomic E-state index is 0.702. The Kier molecular flexibility index (Phi) is 5.15. The summed E-state index contributed by atoms with van der Waals surface area (Å²) in [5.74, 6) is 0. The molecule has 0 amide bonds. The highest BCUT2D eigenvalue weighted by molar-refractivity contribution is 6.31. The molecular formula is C15H21ClN4. The molecule has 2 heterocycles. The Balaban J connectivity index is 2.03. The molecule has 0 saturated heterocycles. The first-order valence-electron chi connectivity index (χ1n) is 7.02. The van der Waals surface area contributed by atoms with Crippen LogP contribution in [0.1, 0.15) is 36.5 Å². The zero-order chi connectivity index (χ0) is 14.5. The molecule has 0 atom stereocenters. The highest BCUT2D eigenvalue weighted by Gasteiger charge is 2.12. The van der Waals surface area contributed by atoms with Gasteiger partial charge >= 0.3 is 0 Å². The van der Waals surface area contributed by atoms with E-state index in [4.69, 9.17) is 11.6 Å². The fraction of sp³-hybridized carbons (Fsp3) is 0.467. The molecule has 0 radical (unpaired) electrons. The number of pyridine rings is 1. The van der Waals surface area contributed by atoms with Gasteiger partial charge in [-0.25, -0.2) is 0 Å². The van der Waals surface area contributed by atoms with E-state index in [2.05, 4.69) is 35.3 Å². The normalized spacial score (nSPS) is 11.0. The van der Waals surface area contributed by atoms with E-state index in [1.807, 2.05) is 23.9 Å². The Morgan fingerprint density at radius 2 is 2.10 bits per heavy atom. The number of halogens is 1. The van der Waals surface area contributed by atoms with Crippen LogP contribution in [0.5, 0.6) is 0 Å². The van der Waals surface area contributed by atoms with E-state index >= 15 is 0 Å². The van der Waals surface area contributed by atoms with Gasteiger partial charge in [0.1, 0.15) is 0 Å². The molecular weight excluding hydrogens is 272 g/mol. The highest BCUT2D eigenvalue weighted by Crippen LogP contribution is 2.20. The van der Waals surface area contributed by atoms with E-state index in [1.165, 1.54) is 5.56 Å². The second kappa shape index (κ2) is 6.86. The molecule has 0 aliphatic heterocycles. The van der Waals surface area contributed by atoms with E-state index in [0.29, 0.717) is 6.54 Å². The molecule has 5 heteroatoms. The fourth-order valence-corrected chi connectivity index (χ4v) is 2.49. The van der Waals surface area contributed by atoms with Gasteiger partial charge in [-0.2, -0.15) is 5.10 Å². The van der Waals surface area contributed by atoms with Gasteiger partial charge in [-0.1, -0.05) is 24.6 Å². The van der Waals surface area contributed by atoms with Crippen LogP contribution in [0.25, 0.3) is 0 Å². The van der Waals surface area contributed by atoms with E-state index < -0.39 is 0 Å². The highest BCUT2D eigenvalue weighted by atomic mass is 35.5. The molecule has 1 N–H and O–H groups in total. The Morgan fingerprint density at radius 1 is 1.30 bits per heavy atom. The van der Waals surface area contributed by atoms with Crippen molar-refractivity contribution >= 4 is 11.6 Å². The summed E-state index contributed by atoms with van der Waals surface area (Å²) in [5.41, 5.74) is 4.31. The monoisotopic (exact) mass is 292 g/mol. The van der Waals surface area contributed by atoms with Gasteiger partial charge < -0.3 is 5.32 Å². The van der Waals surface area contributed by atoms with Gasteiger partial charge in [0, 0.05) is 25.8 Å². The van der Waals surface area contributed by atoms with Gasteiger partial charge in [0.2, 0.25) is 0 Å². The molecule has 2 aromatic heterocycles. The molecule has 4 nitrogen and oxygen atoms in total. The van der Waals surface area contributed by atoms with E-state index in [0.717, 1.165) is 41.6 Å². The lowest BCUT2D eigenvalue weighted by Gasteiger charge is -2.09. The molecule has 0 unspecified atom stereocenters. The first-order valence-corrected chi connectivity index (χ1v) is 7.40. The van der Waals surface area contributed by atoms with Crippen LogP contribution in [0.3, 0.4) is 0 Å². The van der Waals surface area contributed by atoms with Gasteiger partial charge in [0.25, 0.3) is 0 Å². The second-order valence-electron chi connectivity index (χ2n) is 4.73. The quantitative estimate of drug-likeness (QED) is 0.889. The lowest BCUT2D eigenvalue weighted by atomic mass is 10.1. The topological polar surface area (TPSA) is 42.7 Å². The SMILES string of the molecule is CCc1cccnc1CNCc1c(Cl)c(C)nn1CC. The summed E-state index contributed by atoms with van der Waals surface area (Å²) in [6.45, 7) is 8.43. The maximum Gasteiger partial charge on any atom is 0.0860 e. The van der Waals surface area contributed by atoms with Crippen LogP contribution >= 0.6 is 11.6 Å². The Morgan fingerprint density at radius 3 is 2.80 bits per heavy atom. The van der Waals surface area contributed by atoms with Crippen LogP contribution < -0.4 is 5.32 Å². The van der Waals surface area contributed by atoms with E-state index in [1.54, 1.807) is 0 Å². The molecule has 2 rings (SSSR count). The number of aryl methyl sites for hydroxylation is 3. The lowest BCUT2D eigenvalue weighted by Crippen LogP contribution is -2.18. The van der Waals surface area contributed by atoms with Gasteiger partial charge in [-0.15, -0.1) is 0 Å². The third-order valence-corrected chi connectivity index (χ3v) is 3.89. The third kappa shape index (κ3) is 3.19. The van der Waals surface area contributed by atoms with Gasteiger partial charge in [0.05, 0.1) is 22.1 Å².